The van der Waals surface area contributed by atoms with Crippen LogP contribution in [0.5, 0.6) is 0 Å². The minimum absolute atomic E-state index is 0.695. The summed E-state index contributed by atoms with van der Waals surface area (Å²) in [4.78, 5) is 12.8. The number of hydrogen-bond donors (Lipinski definition) is 1. The number of anilines is 1. The van der Waals surface area contributed by atoms with Crippen LogP contribution in [-0.2, 0) is 6.42 Å². The Morgan fingerprint density at radius 3 is 2.73 bits per heavy atom. The molecule has 0 radical (unpaired) electrons. The van der Waals surface area contributed by atoms with Gasteiger partial charge in [0.15, 0.2) is 0 Å². The van der Waals surface area contributed by atoms with Crippen molar-refractivity contribution in [3.63, 3.8) is 0 Å². The van der Waals surface area contributed by atoms with Crippen LogP contribution in [0.2, 0.25) is 5.02 Å². The lowest BCUT2D eigenvalue weighted by Crippen LogP contribution is -2.07. The second-order valence-corrected chi connectivity index (χ2v) is 5.23. The molecule has 2 aromatic heterocycles. The predicted molar refractivity (Wildman–Crippen MR) is 88.9 cm³/mol. The van der Waals surface area contributed by atoms with Crippen LogP contribution < -0.4 is 5.32 Å². The summed E-state index contributed by atoms with van der Waals surface area (Å²) in [6.45, 7) is 0.767. The molecule has 0 saturated heterocycles. The van der Waals surface area contributed by atoms with Crippen molar-refractivity contribution >= 4 is 17.4 Å². The van der Waals surface area contributed by atoms with E-state index in [0.29, 0.717) is 5.02 Å². The standard InChI is InChI=1S/C17H15ClN4/c18-14-5-3-4-13(10-14)16-11-17(22-12-21-16)20-9-7-15-6-1-2-8-19-15/h1-6,8,10-12H,7,9H2,(H,20,21,22). The Kier molecular flexibility index (Phi) is 4.61. The number of nitrogens with one attached hydrogen (secondary N) is 1. The van der Waals surface area contributed by atoms with E-state index in [1.54, 1.807) is 12.5 Å². The van der Waals surface area contributed by atoms with Crippen molar-refractivity contribution in [3.05, 3.63) is 71.8 Å². The quantitative estimate of drug-likeness (QED) is 0.777. The molecule has 0 aliphatic carbocycles. The van der Waals surface area contributed by atoms with Crippen LogP contribution in [0.1, 0.15) is 5.69 Å². The highest BCUT2D eigenvalue weighted by Crippen LogP contribution is 2.21. The van der Waals surface area contributed by atoms with E-state index < -0.39 is 0 Å². The first-order valence-corrected chi connectivity index (χ1v) is 7.41. The van der Waals surface area contributed by atoms with Crippen LogP contribution in [-0.4, -0.2) is 21.5 Å². The van der Waals surface area contributed by atoms with E-state index in [9.17, 15) is 0 Å². The molecule has 0 saturated carbocycles. The van der Waals surface area contributed by atoms with Crippen molar-refractivity contribution in [2.24, 2.45) is 0 Å². The highest BCUT2D eigenvalue weighted by atomic mass is 35.5. The van der Waals surface area contributed by atoms with Gasteiger partial charge in [0.2, 0.25) is 0 Å². The van der Waals surface area contributed by atoms with E-state index in [0.717, 1.165) is 35.7 Å². The van der Waals surface area contributed by atoms with Gasteiger partial charge in [-0.15, -0.1) is 0 Å². The maximum Gasteiger partial charge on any atom is 0.129 e. The lowest BCUT2D eigenvalue weighted by Gasteiger charge is -2.07. The molecular weight excluding hydrogens is 296 g/mol. The van der Waals surface area contributed by atoms with Crippen molar-refractivity contribution in [2.45, 2.75) is 6.42 Å². The first-order valence-electron chi connectivity index (χ1n) is 7.03. The molecule has 0 bridgehead atoms. The maximum absolute atomic E-state index is 6.02. The van der Waals surface area contributed by atoms with E-state index in [1.165, 1.54) is 0 Å². The fourth-order valence-corrected chi connectivity index (χ4v) is 2.31. The molecule has 0 unspecified atom stereocenters. The zero-order valence-electron chi connectivity index (χ0n) is 11.9. The zero-order valence-corrected chi connectivity index (χ0v) is 12.7. The number of halogens is 1. The minimum atomic E-state index is 0.695. The minimum Gasteiger partial charge on any atom is -0.370 e. The molecule has 0 spiro atoms. The van der Waals surface area contributed by atoms with Gasteiger partial charge in [-0.1, -0.05) is 29.8 Å². The number of hydrogen-bond acceptors (Lipinski definition) is 4. The predicted octanol–water partition coefficient (Wildman–Crippen LogP) is 3.85. The third-order valence-corrected chi connectivity index (χ3v) is 3.44. The Labute approximate surface area is 134 Å². The zero-order chi connectivity index (χ0) is 15.2. The van der Waals surface area contributed by atoms with Crippen LogP contribution in [0, 0.1) is 0 Å². The molecule has 0 atom stereocenters. The molecule has 3 rings (SSSR count). The van der Waals surface area contributed by atoms with Gasteiger partial charge in [-0.2, -0.15) is 0 Å². The number of nitrogens with zero attached hydrogens (tertiary/aromatic N) is 3. The van der Waals surface area contributed by atoms with Crippen molar-refractivity contribution in [2.75, 3.05) is 11.9 Å². The van der Waals surface area contributed by atoms with E-state index in [-0.39, 0.29) is 0 Å². The summed E-state index contributed by atoms with van der Waals surface area (Å²) in [7, 11) is 0. The molecule has 1 aromatic carbocycles. The van der Waals surface area contributed by atoms with Crippen LogP contribution in [0.4, 0.5) is 5.82 Å². The largest absolute Gasteiger partial charge is 0.370 e. The monoisotopic (exact) mass is 310 g/mol. The van der Waals surface area contributed by atoms with Gasteiger partial charge in [0, 0.05) is 41.5 Å². The maximum atomic E-state index is 6.02. The molecule has 0 amide bonds. The molecule has 1 N–H and O–H groups in total. The molecule has 5 heteroatoms. The van der Waals surface area contributed by atoms with Crippen molar-refractivity contribution in [1.29, 1.82) is 0 Å². The Balaban J connectivity index is 1.66. The Hall–Kier alpha value is -2.46. The Morgan fingerprint density at radius 1 is 0.955 bits per heavy atom. The highest BCUT2D eigenvalue weighted by Gasteiger charge is 2.03. The molecule has 2 heterocycles. The lowest BCUT2D eigenvalue weighted by atomic mass is 10.1. The number of rotatable bonds is 5. The number of aromatic nitrogens is 3. The molecule has 3 aromatic rings. The van der Waals surface area contributed by atoms with Crippen LogP contribution in [0.15, 0.2) is 61.1 Å². The summed E-state index contributed by atoms with van der Waals surface area (Å²) in [6, 6.07) is 15.5. The summed E-state index contributed by atoms with van der Waals surface area (Å²) in [5.41, 5.74) is 2.87. The van der Waals surface area contributed by atoms with Crippen LogP contribution in [0.3, 0.4) is 0 Å². The SMILES string of the molecule is Clc1cccc(-c2cc(NCCc3ccccn3)ncn2)c1. The summed E-state index contributed by atoms with van der Waals surface area (Å²) >= 11 is 6.02. The average molecular weight is 311 g/mol. The van der Waals surface area contributed by atoms with E-state index in [4.69, 9.17) is 11.6 Å². The Bertz CT molecular complexity index is 746. The Morgan fingerprint density at radius 2 is 1.91 bits per heavy atom. The van der Waals surface area contributed by atoms with E-state index in [2.05, 4.69) is 20.3 Å². The fourth-order valence-electron chi connectivity index (χ4n) is 2.12. The highest BCUT2D eigenvalue weighted by molar-refractivity contribution is 6.30. The van der Waals surface area contributed by atoms with Gasteiger partial charge in [0.1, 0.15) is 12.1 Å². The smallest absolute Gasteiger partial charge is 0.129 e. The van der Waals surface area contributed by atoms with Gasteiger partial charge in [-0.3, -0.25) is 4.98 Å². The average Bonchev–Trinajstić information content (AvgIpc) is 2.56. The topological polar surface area (TPSA) is 50.7 Å². The lowest BCUT2D eigenvalue weighted by molar-refractivity contribution is 0.951. The molecule has 0 aliphatic rings. The molecular formula is C17H15ClN4. The third kappa shape index (κ3) is 3.80. The van der Waals surface area contributed by atoms with Gasteiger partial charge in [0.25, 0.3) is 0 Å². The number of benzene rings is 1. The van der Waals surface area contributed by atoms with Gasteiger partial charge in [-0.05, 0) is 24.3 Å². The second kappa shape index (κ2) is 7.00. The van der Waals surface area contributed by atoms with E-state index in [1.807, 2.05) is 48.5 Å². The third-order valence-electron chi connectivity index (χ3n) is 3.20. The fraction of sp³-hybridized carbons (Fsp3) is 0.118. The molecule has 110 valence electrons. The summed E-state index contributed by atoms with van der Waals surface area (Å²) in [6.07, 6.45) is 4.20. The molecule has 0 aliphatic heterocycles. The summed E-state index contributed by atoms with van der Waals surface area (Å²) < 4.78 is 0. The number of pyridine rings is 1. The second-order valence-electron chi connectivity index (χ2n) is 4.80. The first-order chi connectivity index (χ1) is 10.8. The van der Waals surface area contributed by atoms with Crippen molar-refractivity contribution < 1.29 is 0 Å². The van der Waals surface area contributed by atoms with Crippen LogP contribution >= 0.6 is 11.6 Å². The van der Waals surface area contributed by atoms with Crippen molar-refractivity contribution in [3.8, 4) is 11.3 Å². The van der Waals surface area contributed by atoms with Crippen LogP contribution in [0.25, 0.3) is 11.3 Å². The van der Waals surface area contributed by atoms with Crippen molar-refractivity contribution in [1.82, 2.24) is 15.0 Å². The normalized spacial score (nSPS) is 10.4. The van der Waals surface area contributed by atoms with Gasteiger partial charge in [-0.25, -0.2) is 9.97 Å². The molecule has 4 nitrogen and oxygen atoms in total. The van der Waals surface area contributed by atoms with Gasteiger partial charge < -0.3 is 5.32 Å². The van der Waals surface area contributed by atoms with Gasteiger partial charge >= 0.3 is 0 Å². The summed E-state index contributed by atoms with van der Waals surface area (Å²) in [5.74, 6) is 0.793. The van der Waals surface area contributed by atoms with E-state index >= 15 is 0 Å². The molecule has 22 heavy (non-hydrogen) atoms. The van der Waals surface area contributed by atoms with Gasteiger partial charge in [0.05, 0.1) is 5.69 Å². The first kappa shape index (κ1) is 14.5. The summed E-state index contributed by atoms with van der Waals surface area (Å²) in [5, 5.41) is 3.99. The molecule has 0 fully saturated rings.